The van der Waals surface area contributed by atoms with E-state index in [1.54, 1.807) is 12.4 Å². The molecule has 0 fully saturated rings. The molecular formula is C14H17N3. The van der Waals surface area contributed by atoms with Crippen LogP contribution in [0.3, 0.4) is 0 Å². The van der Waals surface area contributed by atoms with Gasteiger partial charge in [0.15, 0.2) is 0 Å². The highest BCUT2D eigenvalue weighted by atomic mass is 15.1. The van der Waals surface area contributed by atoms with Gasteiger partial charge in [-0.1, -0.05) is 30.3 Å². The van der Waals surface area contributed by atoms with Crippen LogP contribution < -0.4 is 5.73 Å². The molecule has 2 N–H and O–H groups in total. The van der Waals surface area contributed by atoms with Gasteiger partial charge < -0.3 is 5.73 Å². The molecule has 1 heterocycles. The third-order valence-electron chi connectivity index (χ3n) is 2.86. The average molecular weight is 227 g/mol. The van der Waals surface area contributed by atoms with E-state index in [1.807, 2.05) is 12.1 Å². The van der Waals surface area contributed by atoms with E-state index >= 15 is 0 Å². The fourth-order valence-electron chi connectivity index (χ4n) is 1.86. The Bertz CT molecular complexity index is 428. The van der Waals surface area contributed by atoms with Crippen molar-refractivity contribution in [1.29, 1.82) is 0 Å². The highest BCUT2D eigenvalue weighted by Gasteiger charge is 2.05. The van der Waals surface area contributed by atoms with Crippen LogP contribution in [0.25, 0.3) is 0 Å². The lowest BCUT2D eigenvalue weighted by Gasteiger charge is -2.10. The minimum absolute atomic E-state index is 0.0641. The molecule has 0 radical (unpaired) electrons. The zero-order chi connectivity index (χ0) is 11.9. The molecule has 1 aromatic heterocycles. The van der Waals surface area contributed by atoms with Crippen molar-refractivity contribution in [1.82, 2.24) is 10.2 Å². The number of aryl methyl sites for hydroxylation is 1. The number of benzene rings is 1. The maximum atomic E-state index is 6.09. The highest BCUT2D eigenvalue weighted by Crippen LogP contribution is 2.15. The zero-order valence-electron chi connectivity index (χ0n) is 9.79. The first-order valence-electron chi connectivity index (χ1n) is 5.92. The van der Waals surface area contributed by atoms with Crippen LogP contribution in [0.2, 0.25) is 0 Å². The summed E-state index contributed by atoms with van der Waals surface area (Å²) in [5.74, 6) is 0. The third-order valence-corrected chi connectivity index (χ3v) is 2.86. The first-order chi connectivity index (χ1) is 8.36. The second-order valence-electron chi connectivity index (χ2n) is 4.16. The van der Waals surface area contributed by atoms with Crippen molar-refractivity contribution in [2.45, 2.75) is 25.3 Å². The smallest absolute Gasteiger partial charge is 0.0543 e. The maximum Gasteiger partial charge on any atom is 0.0543 e. The van der Waals surface area contributed by atoms with Crippen LogP contribution in [0.4, 0.5) is 0 Å². The van der Waals surface area contributed by atoms with E-state index in [0.717, 1.165) is 24.8 Å². The predicted octanol–water partition coefficient (Wildman–Crippen LogP) is 2.50. The van der Waals surface area contributed by atoms with Crippen molar-refractivity contribution in [2.24, 2.45) is 5.73 Å². The van der Waals surface area contributed by atoms with Crippen LogP contribution in [0.15, 0.2) is 48.8 Å². The lowest BCUT2D eigenvalue weighted by atomic mass is 10.0. The van der Waals surface area contributed by atoms with Crippen LogP contribution in [0.5, 0.6) is 0 Å². The summed E-state index contributed by atoms with van der Waals surface area (Å²) in [5.41, 5.74) is 8.52. The minimum Gasteiger partial charge on any atom is -0.324 e. The van der Waals surface area contributed by atoms with E-state index in [-0.39, 0.29) is 6.04 Å². The molecule has 3 heteroatoms. The quantitative estimate of drug-likeness (QED) is 0.853. The maximum absolute atomic E-state index is 6.09. The van der Waals surface area contributed by atoms with Crippen molar-refractivity contribution in [3.63, 3.8) is 0 Å². The second-order valence-corrected chi connectivity index (χ2v) is 4.16. The molecular weight excluding hydrogens is 210 g/mol. The number of hydrogen-bond donors (Lipinski definition) is 1. The van der Waals surface area contributed by atoms with E-state index < -0.39 is 0 Å². The standard InChI is InChI=1S/C14H17N3/c15-14(13-9-10-16-17-11-13)8-4-7-12-5-2-1-3-6-12/h1-3,5-6,9-11,14H,4,7-8,15H2. The Labute approximate surface area is 102 Å². The first-order valence-corrected chi connectivity index (χ1v) is 5.92. The van der Waals surface area contributed by atoms with Gasteiger partial charge in [-0.05, 0) is 36.5 Å². The number of nitrogens with zero attached hydrogens (tertiary/aromatic N) is 2. The molecule has 1 atom stereocenters. The van der Waals surface area contributed by atoms with Crippen LogP contribution in [0.1, 0.15) is 30.0 Å². The van der Waals surface area contributed by atoms with Crippen LogP contribution in [0, 0.1) is 0 Å². The third kappa shape index (κ3) is 3.64. The van der Waals surface area contributed by atoms with E-state index in [4.69, 9.17) is 5.73 Å². The lowest BCUT2D eigenvalue weighted by Crippen LogP contribution is -2.10. The zero-order valence-corrected chi connectivity index (χ0v) is 9.79. The lowest BCUT2D eigenvalue weighted by molar-refractivity contribution is 0.608. The topological polar surface area (TPSA) is 51.8 Å². The van der Waals surface area contributed by atoms with E-state index in [2.05, 4.69) is 34.5 Å². The molecule has 2 aromatic rings. The second kappa shape index (κ2) is 6.11. The summed E-state index contributed by atoms with van der Waals surface area (Å²) in [5, 5.41) is 7.59. The molecule has 0 aliphatic carbocycles. The Balaban J connectivity index is 1.79. The fourth-order valence-corrected chi connectivity index (χ4v) is 1.86. The Hall–Kier alpha value is -1.74. The van der Waals surface area contributed by atoms with E-state index in [0.29, 0.717) is 0 Å². The molecule has 1 unspecified atom stereocenters. The molecule has 0 bridgehead atoms. The molecule has 0 amide bonds. The van der Waals surface area contributed by atoms with Gasteiger partial charge >= 0.3 is 0 Å². The molecule has 1 aromatic carbocycles. The number of hydrogen-bond acceptors (Lipinski definition) is 3. The van der Waals surface area contributed by atoms with Crippen LogP contribution in [-0.4, -0.2) is 10.2 Å². The van der Waals surface area contributed by atoms with Gasteiger partial charge in [0.25, 0.3) is 0 Å². The van der Waals surface area contributed by atoms with Gasteiger partial charge in [0.1, 0.15) is 0 Å². The molecule has 0 saturated heterocycles. The van der Waals surface area contributed by atoms with Gasteiger partial charge in [0.2, 0.25) is 0 Å². The van der Waals surface area contributed by atoms with Crippen LogP contribution >= 0.6 is 0 Å². The van der Waals surface area contributed by atoms with Gasteiger partial charge in [0, 0.05) is 12.2 Å². The molecule has 88 valence electrons. The summed E-state index contributed by atoms with van der Waals surface area (Å²) in [7, 11) is 0. The number of nitrogens with two attached hydrogens (primary N) is 1. The molecule has 0 aliphatic rings. The Morgan fingerprint density at radius 3 is 2.59 bits per heavy atom. The molecule has 2 rings (SSSR count). The summed E-state index contributed by atoms with van der Waals surface area (Å²) in [4.78, 5) is 0. The summed E-state index contributed by atoms with van der Waals surface area (Å²) in [6, 6.07) is 12.5. The molecule has 0 saturated carbocycles. The van der Waals surface area contributed by atoms with Gasteiger partial charge in [-0.25, -0.2) is 0 Å². The Morgan fingerprint density at radius 1 is 1.06 bits per heavy atom. The Morgan fingerprint density at radius 2 is 1.88 bits per heavy atom. The highest BCUT2D eigenvalue weighted by molar-refractivity contribution is 5.15. The average Bonchev–Trinajstić information content (AvgIpc) is 2.41. The van der Waals surface area contributed by atoms with Crippen molar-refractivity contribution in [2.75, 3.05) is 0 Å². The van der Waals surface area contributed by atoms with Crippen LogP contribution in [-0.2, 0) is 6.42 Å². The van der Waals surface area contributed by atoms with Crippen molar-refractivity contribution < 1.29 is 0 Å². The van der Waals surface area contributed by atoms with E-state index in [1.165, 1.54) is 5.56 Å². The predicted molar refractivity (Wildman–Crippen MR) is 68.3 cm³/mol. The Kier molecular flexibility index (Phi) is 4.22. The molecule has 0 spiro atoms. The first kappa shape index (κ1) is 11.7. The summed E-state index contributed by atoms with van der Waals surface area (Å²) in [6.45, 7) is 0. The van der Waals surface area contributed by atoms with Crippen molar-refractivity contribution >= 4 is 0 Å². The summed E-state index contributed by atoms with van der Waals surface area (Å²) < 4.78 is 0. The van der Waals surface area contributed by atoms with E-state index in [9.17, 15) is 0 Å². The van der Waals surface area contributed by atoms with Gasteiger partial charge in [-0.3, -0.25) is 0 Å². The summed E-state index contributed by atoms with van der Waals surface area (Å²) in [6.07, 6.45) is 6.57. The van der Waals surface area contributed by atoms with Gasteiger partial charge in [-0.2, -0.15) is 10.2 Å². The summed E-state index contributed by atoms with van der Waals surface area (Å²) >= 11 is 0. The SMILES string of the molecule is NC(CCCc1ccccc1)c1ccnnc1. The molecule has 0 aliphatic heterocycles. The molecule has 17 heavy (non-hydrogen) atoms. The number of rotatable bonds is 5. The minimum atomic E-state index is 0.0641. The largest absolute Gasteiger partial charge is 0.324 e. The molecule has 3 nitrogen and oxygen atoms in total. The van der Waals surface area contributed by atoms with Crippen molar-refractivity contribution in [3.05, 3.63) is 59.9 Å². The van der Waals surface area contributed by atoms with Gasteiger partial charge in [0.05, 0.1) is 6.20 Å². The van der Waals surface area contributed by atoms with Gasteiger partial charge in [-0.15, -0.1) is 0 Å². The monoisotopic (exact) mass is 227 g/mol. The number of aromatic nitrogens is 2. The fraction of sp³-hybridized carbons (Fsp3) is 0.286. The van der Waals surface area contributed by atoms with Crippen molar-refractivity contribution in [3.8, 4) is 0 Å². The normalized spacial score (nSPS) is 12.3.